The summed E-state index contributed by atoms with van der Waals surface area (Å²) in [6.07, 6.45) is 15.0. The van der Waals surface area contributed by atoms with Gasteiger partial charge in [0.1, 0.15) is 5.78 Å². The smallest absolute Gasteiger partial charge is 0.129 e. The predicted molar refractivity (Wildman–Crippen MR) is 88.5 cm³/mol. The van der Waals surface area contributed by atoms with Gasteiger partial charge in [-0.05, 0) is 44.2 Å². The van der Waals surface area contributed by atoms with Crippen molar-refractivity contribution < 1.29 is 4.79 Å². The minimum atomic E-state index is 0.320. The Morgan fingerprint density at radius 3 is 2.30 bits per heavy atom. The van der Waals surface area contributed by atoms with Crippen molar-refractivity contribution in [2.45, 2.75) is 78.1 Å². The van der Waals surface area contributed by atoms with Crippen LogP contribution >= 0.6 is 0 Å². The lowest BCUT2D eigenvalue weighted by molar-refractivity contribution is -0.117. The largest absolute Gasteiger partial charge is 0.313 e. The highest BCUT2D eigenvalue weighted by Gasteiger charge is 2.09. The van der Waals surface area contributed by atoms with Gasteiger partial charge in [-0.3, -0.25) is 0 Å². The zero-order valence-corrected chi connectivity index (χ0v) is 13.5. The Morgan fingerprint density at radius 2 is 1.75 bits per heavy atom. The van der Waals surface area contributed by atoms with Crippen molar-refractivity contribution in [3.63, 3.8) is 0 Å². The molecule has 0 aliphatic carbocycles. The molecule has 0 saturated heterocycles. The first-order chi connectivity index (χ1) is 9.60. The molecular weight excluding hydrogens is 246 g/mol. The van der Waals surface area contributed by atoms with E-state index in [1.165, 1.54) is 44.7 Å². The van der Waals surface area contributed by atoms with E-state index in [-0.39, 0.29) is 0 Å². The van der Waals surface area contributed by atoms with E-state index in [0.29, 0.717) is 11.7 Å². The number of nitrogens with one attached hydrogen (secondary N) is 1. The number of carbonyl (C=O) groups excluding carboxylic acids is 1. The number of allylic oxidation sites excluding steroid dienone is 1. The molecule has 0 aliphatic heterocycles. The predicted octanol–water partition coefficient (Wildman–Crippen LogP) is 5.56. The standard InChI is InChI=1S/C18H33NO/c1-4-18(13-14-19)15-16(2)11-9-7-5-6-8-10-12-17(3)20/h4,14,16,18-19H,1,5-13,15H2,2-3H3. The Labute approximate surface area is 125 Å². The highest BCUT2D eigenvalue weighted by Crippen LogP contribution is 2.21. The van der Waals surface area contributed by atoms with Crippen LogP contribution in [0.15, 0.2) is 12.7 Å². The summed E-state index contributed by atoms with van der Waals surface area (Å²) in [6, 6.07) is 0. The van der Waals surface area contributed by atoms with Crippen LogP contribution in [-0.4, -0.2) is 12.0 Å². The van der Waals surface area contributed by atoms with Gasteiger partial charge in [0.05, 0.1) is 0 Å². The SMILES string of the molecule is C=CC(CC=N)CC(C)CCCCCCCCC(C)=O. The Bertz CT molecular complexity index is 273. The highest BCUT2D eigenvalue weighted by molar-refractivity contribution is 5.75. The molecule has 0 amide bonds. The van der Waals surface area contributed by atoms with E-state index < -0.39 is 0 Å². The van der Waals surface area contributed by atoms with Gasteiger partial charge in [0, 0.05) is 6.42 Å². The third-order valence-electron chi connectivity index (χ3n) is 3.93. The van der Waals surface area contributed by atoms with Gasteiger partial charge in [0.25, 0.3) is 0 Å². The number of hydrogen-bond acceptors (Lipinski definition) is 2. The molecule has 1 N–H and O–H groups in total. The van der Waals surface area contributed by atoms with Crippen molar-refractivity contribution in [1.82, 2.24) is 0 Å². The Morgan fingerprint density at radius 1 is 1.15 bits per heavy atom. The maximum Gasteiger partial charge on any atom is 0.129 e. The molecule has 0 aromatic carbocycles. The highest BCUT2D eigenvalue weighted by atomic mass is 16.1. The van der Waals surface area contributed by atoms with Gasteiger partial charge in [0.15, 0.2) is 0 Å². The monoisotopic (exact) mass is 279 g/mol. The third kappa shape index (κ3) is 12.1. The summed E-state index contributed by atoms with van der Waals surface area (Å²) in [5.74, 6) is 1.53. The molecule has 0 heterocycles. The molecule has 0 aliphatic rings. The molecule has 0 fully saturated rings. The van der Waals surface area contributed by atoms with Crippen molar-refractivity contribution in [3.05, 3.63) is 12.7 Å². The zero-order chi connectivity index (χ0) is 15.2. The summed E-state index contributed by atoms with van der Waals surface area (Å²) in [5, 5.41) is 7.16. The lowest BCUT2D eigenvalue weighted by Crippen LogP contribution is -2.04. The number of hydrogen-bond donors (Lipinski definition) is 1. The molecule has 0 radical (unpaired) electrons. The second kappa shape index (κ2) is 13.1. The first-order valence-electron chi connectivity index (χ1n) is 8.21. The summed E-state index contributed by atoms with van der Waals surface area (Å²) >= 11 is 0. The van der Waals surface area contributed by atoms with Gasteiger partial charge in [-0.1, -0.05) is 51.5 Å². The second-order valence-corrected chi connectivity index (χ2v) is 6.14. The van der Waals surface area contributed by atoms with Crippen LogP contribution in [-0.2, 0) is 4.79 Å². The molecule has 2 nitrogen and oxygen atoms in total. The molecule has 0 rings (SSSR count). The first-order valence-corrected chi connectivity index (χ1v) is 8.21. The number of carbonyl (C=O) groups is 1. The minimum absolute atomic E-state index is 0.320. The van der Waals surface area contributed by atoms with E-state index in [4.69, 9.17) is 5.41 Å². The maximum absolute atomic E-state index is 10.8. The maximum atomic E-state index is 10.8. The molecular formula is C18H33NO. The van der Waals surface area contributed by atoms with Crippen LogP contribution < -0.4 is 0 Å². The molecule has 2 atom stereocenters. The molecule has 116 valence electrons. The van der Waals surface area contributed by atoms with Crippen LogP contribution in [0.3, 0.4) is 0 Å². The van der Waals surface area contributed by atoms with Crippen molar-refractivity contribution in [2.75, 3.05) is 0 Å². The van der Waals surface area contributed by atoms with E-state index in [9.17, 15) is 4.79 Å². The van der Waals surface area contributed by atoms with Crippen LogP contribution in [0.25, 0.3) is 0 Å². The van der Waals surface area contributed by atoms with Crippen LogP contribution in [0.4, 0.5) is 0 Å². The quantitative estimate of drug-likeness (QED) is 0.252. The van der Waals surface area contributed by atoms with Crippen molar-refractivity contribution in [1.29, 1.82) is 5.41 Å². The molecule has 0 bridgehead atoms. The van der Waals surface area contributed by atoms with E-state index in [2.05, 4.69) is 13.5 Å². The number of ketones is 1. The molecule has 2 unspecified atom stereocenters. The molecule has 20 heavy (non-hydrogen) atoms. The zero-order valence-electron chi connectivity index (χ0n) is 13.5. The Balaban J connectivity index is 3.42. The third-order valence-corrected chi connectivity index (χ3v) is 3.93. The number of unbranched alkanes of at least 4 members (excludes halogenated alkanes) is 5. The van der Waals surface area contributed by atoms with Gasteiger partial charge in [-0.15, -0.1) is 6.58 Å². The van der Waals surface area contributed by atoms with Crippen LogP contribution in [0.1, 0.15) is 78.1 Å². The van der Waals surface area contributed by atoms with Crippen molar-refractivity contribution >= 4 is 12.0 Å². The average molecular weight is 279 g/mol. The van der Waals surface area contributed by atoms with Gasteiger partial charge < -0.3 is 10.2 Å². The molecule has 0 saturated carbocycles. The van der Waals surface area contributed by atoms with E-state index in [1.807, 2.05) is 6.08 Å². The fraction of sp³-hybridized carbons (Fsp3) is 0.778. The summed E-state index contributed by atoms with van der Waals surface area (Å²) in [7, 11) is 0. The van der Waals surface area contributed by atoms with Gasteiger partial charge >= 0.3 is 0 Å². The second-order valence-electron chi connectivity index (χ2n) is 6.14. The lowest BCUT2D eigenvalue weighted by atomic mass is 9.90. The van der Waals surface area contributed by atoms with Gasteiger partial charge in [-0.25, -0.2) is 0 Å². The number of Topliss-reactive ketones (excluding diaryl/α,β-unsaturated/α-hetero) is 1. The molecule has 0 aromatic heterocycles. The van der Waals surface area contributed by atoms with Crippen molar-refractivity contribution in [3.8, 4) is 0 Å². The molecule has 0 aromatic rings. The van der Waals surface area contributed by atoms with Crippen molar-refractivity contribution in [2.24, 2.45) is 11.8 Å². The summed E-state index contributed by atoms with van der Waals surface area (Å²) < 4.78 is 0. The molecule has 0 spiro atoms. The van der Waals surface area contributed by atoms with E-state index >= 15 is 0 Å². The minimum Gasteiger partial charge on any atom is -0.313 e. The fourth-order valence-electron chi connectivity index (χ4n) is 2.65. The normalized spacial score (nSPS) is 13.7. The summed E-state index contributed by atoms with van der Waals surface area (Å²) in [4.78, 5) is 10.8. The first kappa shape index (κ1) is 19.1. The number of rotatable bonds is 14. The topological polar surface area (TPSA) is 40.9 Å². The fourth-order valence-corrected chi connectivity index (χ4v) is 2.65. The van der Waals surface area contributed by atoms with Crippen LogP contribution in [0.2, 0.25) is 0 Å². The van der Waals surface area contributed by atoms with Crippen LogP contribution in [0.5, 0.6) is 0 Å². The average Bonchev–Trinajstić information content (AvgIpc) is 2.40. The Hall–Kier alpha value is -0.920. The van der Waals surface area contributed by atoms with Crippen LogP contribution in [0, 0.1) is 17.2 Å². The van der Waals surface area contributed by atoms with E-state index in [0.717, 1.165) is 31.6 Å². The van der Waals surface area contributed by atoms with E-state index in [1.54, 1.807) is 6.92 Å². The Kier molecular flexibility index (Phi) is 12.5. The van der Waals surface area contributed by atoms with Gasteiger partial charge in [-0.2, -0.15) is 0 Å². The van der Waals surface area contributed by atoms with Gasteiger partial charge in [0.2, 0.25) is 0 Å². The lowest BCUT2D eigenvalue weighted by Gasteiger charge is -2.16. The summed E-state index contributed by atoms with van der Waals surface area (Å²) in [5.41, 5.74) is 0. The summed E-state index contributed by atoms with van der Waals surface area (Å²) in [6.45, 7) is 7.85. The molecule has 2 heteroatoms.